The number of nitrogens with zero attached hydrogens (tertiary/aromatic N) is 2. The maximum atomic E-state index is 12.5. The normalized spacial score (nSPS) is 10.7. The van der Waals surface area contributed by atoms with Crippen molar-refractivity contribution in [3.63, 3.8) is 0 Å². The average Bonchev–Trinajstić information content (AvgIpc) is 3.10. The summed E-state index contributed by atoms with van der Waals surface area (Å²) in [6.45, 7) is 8.01. The Balaban J connectivity index is 1.67. The fraction of sp³-hybridized carbons (Fsp3) is 0.238. The highest BCUT2D eigenvalue weighted by atomic mass is 35.5. The number of aryl methyl sites for hydroxylation is 4. The number of hydrogen-bond acceptors (Lipinski definition) is 3. The van der Waals surface area contributed by atoms with Gasteiger partial charge < -0.3 is 10.1 Å². The van der Waals surface area contributed by atoms with Gasteiger partial charge in [-0.25, -0.2) is 4.68 Å². The zero-order valence-corrected chi connectivity index (χ0v) is 16.6. The lowest BCUT2D eigenvalue weighted by Gasteiger charge is -2.11. The Morgan fingerprint density at radius 2 is 1.70 bits per heavy atom. The number of halogens is 1. The molecule has 140 valence electrons. The van der Waals surface area contributed by atoms with E-state index in [9.17, 15) is 4.79 Å². The van der Waals surface area contributed by atoms with Gasteiger partial charge in [0.2, 0.25) is 0 Å². The van der Waals surface area contributed by atoms with E-state index in [0.717, 1.165) is 33.0 Å². The lowest BCUT2D eigenvalue weighted by molar-refractivity contribution is 0.102. The number of amides is 1. The van der Waals surface area contributed by atoms with Gasteiger partial charge in [-0.2, -0.15) is 5.10 Å². The Bertz CT molecular complexity index is 952. The number of ether oxygens (including phenoxy) is 1. The van der Waals surface area contributed by atoms with Crippen molar-refractivity contribution in [2.45, 2.75) is 34.4 Å². The van der Waals surface area contributed by atoms with Crippen LogP contribution in [0.2, 0.25) is 5.02 Å². The van der Waals surface area contributed by atoms with Crippen molar-refractivity contribution in [2.75, 3.05) is 5.32 Å². The first kappa shape index (κ1) is 19.0. The van der Waals surface area contributed by atoms with E-state index in [0.29, 0.717) is 11.4 Å². The molecular weight excluding hydrogens is 362 g/mol. The average molecular weight is 384 g/mol. The van der Waals surface area contributed by atoms with Crippen LogP contribution in [0.15, 0.2) is 42.6 Å². The Labute approximate surface area is 163 Å². The molecule has 0 saturated carbocycles. The van der Waals surface area contributed by atoms with Crippen molar-refractivity contribution in [3.05, 3.63) is 75.6 Å². The SMILES string of the molecule is Cc1cc(OCn2ccc(C(=O)Nc3c(C)cccc3C)n2)cc(C)c1Cl. The summed E-state index contributed by atoms with van der Waals surface area (Å²) in [5.74, 6) is 0.468. The number of hydrogen-bond donors (Lipinski definition) is 1. The van der Waals surface area contributed by atoms with Gasteiger partial charge in [-0.05, 0) is 68.1 Å². The van der Waals surface area contributed by atoms with E-state index in [-0.39, 0.29) is 12.6 Å². The monoisotopic (exact) mass is 383 g/mol. The second-order valence-corrected chi connectivity index (χ2v) is 6.98. The number of carbonyl (C=O) groups is 1. The van der Waals surface area contributed by atoms with Crippen molar-refractivity contribution in [2.24, 2.45) is 0 Å². The molecule has 1 aromatic heterocycles. The third-order valence-electron chi connectivity index (χ3n) is 4.37. The molecule has 0 saturated heterocycles. The van der Waals surface area contributed by atoms with Gasteiger partial charge in [0.25, 0.3) is 5.91 Å². The van der Waals surface area contributed by atoms with Crippen LogP contribution in [-0.2, 0) is 6.73 Å². The number of para-hydroxylation sites is 1. The number of aromatic nitrogens is 2. The van der Waals surface area contributed by atoms with Crippen molar-refractivity contribution in [1.29, 1.82) is 0 Å². The maximum Gasteiger partial charge on any atom is 0.276 e. The Kier molecular flexibility index (Phi) is 5.51. The van der Waals surface area contributed by atoms with Crippen LogP contribution in [0.4, 0.5) is 5.69 Å². The van der Waals surface area contributed by atoms with Crippen LogP contribution in [0.1, 0.15) is 32.7 Å². The van der Waals surface area contributed by atoms with Crippen LogP contribution in [0.3, 0.4) is 0 Å². The van der Waals surface area contributed by atoms with Crippen molar-refractivity contribution in [3.8, 4) is 5.75 Å². The van der Waals surface area contributed by atoms with E-state index < -0.39 is 0 Å². The lowest BCUT2D eigenvalue weighted by atomic mass is 10.1. The van der Waals surface area contributed by atoms with Crippen LogP contribution in [0, 0.1) is 27.7 Å². The molecule has 0 aliphatic carbocycles. The van der Waals surface area contributed by atoms with Gasteiger partial charge >= 0.3 is 0 Å². The molecule has 5 nitrogen and oxygen atoms in total. The van der Waals surface area contributed by atoms with Gasteiger partial charge in [0.15, 0.2) is 12.4 Å². The molecule has 0 unspecified atom stereocenters. The minimum absolute atomic E-state index is 0.206. The predicted octanol–water partition coefficient (Wildman–Crippen LogP) is 5.06. The first-order valence-electron chi connectivity index (χ1n) is 8.65. The smallest absolute Gasteiger partial charge is 0.276 e. The summed E-state index contributed by atoms with van der Waals surface area (Å²) in [4.78, 5) is 12.5. The molecule has 0 atom stereocenters. The van der Waals surface area contributed by atoms with Gasteiger partial charge in [-0.15, -0.1) is 0 Å². The maximum absolute atomic E-state index is 12.5. The molecule has 6 heteroatoms. The lowest BCUT2D eigenvalue weighted by Crippen LogP contribution is -2.15. The van der Waals surface area contributed by atoms with E-state index in [2.05, 4.69) is 10.4 Å². The van der Waals surface area contributed by atoms with Gasteiger partial charge in [0.05, 0.1) is 0 Å². The minimum atomic E-state index is -0.246. The number of benzene rings is 2. The van der Waals surface area contributed by atoms with Crippen LogP contribution < -0.4 is 10.1 Å². The van der Waals surface area contributed by atoms with Crippen molar-refractivity contribution in [1.82, 2.24) is 9.78 Å². The molecule has 0 spiro atoms. The molecule has 0 bridgehead atoms. The summed E-state index contributed by atoms with van der Waals surface area (Å²) in [5, 5.41) is 7.97. The largest absolute Gasteiger partial charge is 0.471 e. The molecule has 1 amide bonds. The van der Waals surface area contributed by atoms with E-state index in [1.165, 1.54) is 0 Å². The summed E-state index contributed by atoms with van der Waals surface area (Å²) in [7, 11) is 0. The van der Waals surface area contributed by atoms with E-state index in [1.54, 1.807) is 16.9 Å². The quantitative estimate of drug-likeness (QED) is 0.670. The zero-order valence-electron chi connectivity index (χ0n) is 15.8. The first-order chi connectivity index (χ1) is 12.8. The Hall–Kier alpha value is -2.79. The van der Waals surface area contributed by atoms with E-state index in [4.69, 9.17) is 16.3 Å². The summed E-state index contributed by atoms with van der Waals surface area (Å²) in [5.41, 5.74) is 5.10. The fourth-order valence-corrected chi connectivity index (χ4v) is 2.98. The van der Waals surface area contributed by atoms with Crippen molar-refractivity contribution < 1.29 is 9.53 Å². The third-order valence-corrected chi connectivity index (χ3v) is 4.96. The second-order valence-electron chi connectivity index (χ2n) is 6.61. The van der Waals surface area contributed by atoms with Crippen molar-refractivity contribution >= 4 is 23.2 Å². The third kappa shape index (κ3) is 4.31. The predicted molar refractivity (Wildman–Crippen MR) is 108 cm³/mol. The number of rotatable bonds is 5. The molecule has 0 aliphatic heterocycles. The van der Waals surface area contributed by atoms with Crippen LogP contribution in [-0.4, -0.2) is 15.7 Å². The number of anilines is 1. The minimum Gasteiger partial charge on any atom is -0.471 e. The van der Waals surface area contributed by atoms with Gasteiger partial charge in [-0.3, -0.25) is 4.79 Å². The summed E-state index contributed by atoms with van der Waals surface area (Å²) >= 11 is 6.18. The molecule has 0 radical (unpaired) electrons. The van der Waals surface area contributed by atoms with Gasteiger partial charge in [0, 0.05) is 16.9 Å². The topological polar surface area (TPSA) is 56.1 Å². The molecule has 3 rings (SSSR count). The Morgan fingerprint density at radius 1 is 1.07 bits per heavy atom. The summed E-state index contributed by atoms with van der Waals surface area (Å²) in [6.07, 6.45) is 1.72. The van der Waals surface area contributed by atoms with Gasteiger partial charge in [-0.1, -0.05) is 29.8 Å². The summed E-state index contributed by atoms with van der Waals surface area (Å²) < 4.78 is 7.35. The highest BCUT2D eigenvalue weighted by Crippen LogP contribution is 2.26. The number of carbonyl (C=O) groups excluding carboxylic acids is 1. The zero-order chi connectivity index (χ0) is 19.6. The molecule has 0 fully saturated rings. The van der Waals surface area contributed by atoms with Crippen LogP contribution in [0.25, 0.3) is 0 Å². The standard InChI is InChI=1S/C21H22ClN3O2/c1-13-6-5-7-14(2)20(13)23-21(26)18-8-9-25(24-18)12-27-17-10-15(3)19(22)16(4)11-17/h5-11H,12H2,1-4H3,(H,23,26). The Morgan fingerprint density at radius 3 is 2.33 bits per heavy atom. The fourth-order valence-electron chi connectivity index (χ4n) is 2.87. The van der Waals surface area contributed by atoms with Gasteiger partial charge in [0.1, 0.15) is 5.75 Å². The molecule has 1 N–H and O–H groups in total. The highest BCUT2D eigenvalue weighted by Gasteiger charge is 2.13. The highest BCUT2D eigenvalue weighted by molar-refractivity contribution is 6.32. The van der Waals surface area contributed by atoms with Crippen LogP contribution in [0.5, 0.6) is 5.75 Å². The molecule has 27 heavy (non-hydrogen) atoms. The molecule has 3 aromatic rings. The summed E-state index contributed by atoms with van der Waals surface area (Å²) in [6, 6.07) is 11.3. The second kappa shape index (κ2) is 7.84. The molecule has 1 heterocycles. The molecule has 2 aromatic carbocycles. The molecular formula is C21H22ClN3O2. The number of nitrogens with one attached hydrogen (secondary N) is 1. The molecule has 0 aliphatic rings. The van der Waals surface area contributed by atoms with E-state index >= 15 is 0 Å². The van der Waals surface area contributed by atoms with Crippen LogP contribution >= 0.6 is 11.6 Å². The first-order valence-corrected chi connectivity index (χ1v) is 9.03. The van der Waals surface area contributed by atoms with E-state index in [1.807, 2.05) is 58.0 Å².